The topological polar surface area (TPSA) is 16.4 Å². The van der Waals surface area contributed by atoms with Crippen molar-refractivity contribution in [1.29, 1.82) is 0 Å². The molecular formula is C44H31NO. The van der Waals surface area contributed by atoms with E-state index in [9.17, 15) is 0 Å². The van der Waals surface area contributed by atoms with Crippen molar-refractivity contribution in [2.45, 2.75) is 12.8 Å². The van der Waals surface area contributed by atoms with Crippen LogP contribution in [0.2, 0.25) is 0 Å². The van der Waals surface area contributed by atoms with Gasteiger partial charge in [-0.3, -0.25) is 0 Å². The highest BCUT2D eigenvalue weighted by molar-refractivity contribution is 6.06. The molecule has 0 amide bonds. The van der Waals surface area contributed by atoms with E-state index in [-0.39, 0.29) is 0 Å². The summed E-state index contributed by atoms with van der Waals surface area (Å²) in [6.07, 6.45) is 6.72. The molecule has 0 saturated heterocycles. The second-order valence-electron chi connectivity index (χ2n) is 12.1. The lowest BCUT2D eigenvalue weighted by molar-refractivity contribution is 0.669. The molecule has 1 aliphatic carbocycles. The third-order valence-electron chi connectivity index (χ3n) is 9.35. The zero-order chi connectivity index (χ0) is 30.5. The van der Waals surface area contributed by atoms with Crippen LogP contribution < -0.4 is 4.90 Å². The normalized spacial score (nSPS) is 12.5. The van der Waals surface area contributed by atoms with Crippen LogP contribution in [0.25, 0.3) is 61.0 Å². The summed E-state index contributed by atoms with van der Waals surface area (Å²) in [6, 6.07) is 54.6. The lowest BCUT2D eigenvalue weighted by atomic mass is 9.89. The van der Waals surface area contributed by atoms with Crippen molar-refractivity contribution in [1.82, 2.24) is 0 Å². The van der Waals surface area contributed by atoms with Crippen molar-refractivity contribution in [2.75, 3.05) is 4.90 Å². The summed E-state index contributed by atoms with van der Waals surface area (Å²) in [7, 11) is 0. The fourth-order valence-corrected chi connectivity index (χ4v) is 7.08. The maximum atomic E-state index is 6.19. The molecule has 0 atom stereocenters. The molecule has 8 aromatic rings. The van der Waals surface area contributed by atoms with Crippen molar-refractivity contribution in [3.63, 3.8) is 0 Å². The molecule has 1 aromatic heterocycles. The smallest absolute Gasteiger partial charge is 0.136 e. The minimum atomic E-state index is 0.913. The van der Waals surface area contributed by atoms with E-state index in [0.717, 1.165) is 63.0 Å². The monoisotopic (exact) mass is 589 g/mol. The number of anilines is 3. The highest BCUT2D eigenvalue weighted by Gasteiger charge is 2.17. The Morgan fingerprint density at radius 1 is 0.500 bits per heavy atom. The Bertz CT molecular complexity index is 2410. The summed E-state index contributed by atoms with van der Waals surface area (Å²) in [5.41, 5.74) is 12.9. The lowest BCUT2D eigenvalue weighted by Gasteiger charge is -2.27. The number of rotatable bonds is 5. The van der Waals surface area contributed by atoms with Crippen molar-refractivity contribution < 1.29 is 4.42 Å². The number of hydrogen-bond acceptors (Lipinski definition) is 2. The van der Waals surface area contributed by atoms with E-state index in [0.29, 0.717) is 0 Å². The fourth-order valence-electron chi connectivity index (χ4n) is 7.08. The van der Waals surface area contributed by atoms with Crippen molar-refractivity contribution in [3.05, 3.63) is 169 Å². The molecule has 1 heterocycles. The average molecular weight is 590 g/mol. The van der Waals surface area contributed by atoms with E-state index in [2.05, 4.69) is 157 Å². The molecule has 0 N–H and O–H groups in total. The number of allylic oxidation sites excluding steroid dienone is 1. The predicted octanol–water partition coefficient (Wildman–Crippen LogP) is 12.5. The number of fused-ring (bicyclic) bond motifs is 5. The van der Waals surface area contributed by atoms with Gasteiger partial charge in [0.1, 0.15) is 11.2 Å². The number of hydrogen-bond donors (Lipinski definition) is 0. The maximum absolute atomic E-state index is 6.19. The quantitative estimate of drug-likeness (QED) is 0.199. The van der Waals surface area contributed by atoms with Gasteiger partial charge in [-0.2, -0.15) is 0 Å². The second kappa shape index (κ2) is 10.9. The second-order valence-corrected chi connectivity index (χ2v) is 12.1. The first-order valence-electron chi connectivity index (χ1n) is 16.0. The molecule has 0 bridgehead atoms. The van der Waals surface area contributed by atoms with Gasteiger partial charge in [0.25, 0.3) is 0 Å². The van der Waals surface area contributed by atoms with Gasteiger partial charge in [0.05, 0.1) is 5.69 Å². The Kier molecular flexibility index (Phi) is 6.31. The van der Waals surface area contributed by atoms with E-state index in [1.165, 1.54) is 33.0 Å². The van der Waals surface area contributed by atoms with Crippen LogP contribution >= 0.6 is 0 Å². The van der Waals surface area contributed by atoms with Gasteiger partial charge >= 0.3 is 0 Å². The molecule has 1 aliphatic rings. The minimum absolute atomic E-state index is 0.913. The first-order chi connectivity index (χ1) is 22.8. The predicted molar refractivity (Wildman–Crippen MR) is 194 cm³/mol. The van der Waals surface area contributed by atoms with Crippen LogP contribution in [0, 0.1) is 0 Å². The van der Waals surface area contributed by atoms with E-state index in [4.69, 9.17) is 4.42 Å². The standard InChI is InChI=1S/C44H31NO/c1-3-13-37-31(9-1)11-7-16-38(37)33-21-26-36(27-22-33)45(42-17-8-12-32-10-2-4-14-39(32)42)35-24-19-30(20-25-35)34-23-28-41-40-15-5-6-18-43(40)46-44(41)29-34/h1-2,4-12,14-29H,3,13H2. The molecular weight excluding hydrogens is 558 g/mol. The minimum Gasteiger partial charge on any atom is -0.456 e. The van der Waals surface area contributed by atoms with Crippen LogP contribution in [-0.4, -0.2) is 0 Å². The van der Waals surface area contributed by atoms with Gasteiger partial charge in [-0.25, -0.2) is 0 Å². The number of benzene rings is 7. The molecule has 7 aromatic carbocycles. The largest absolute Gasteiger partial charge is 0.456 e. The zero-order valence-electron chi connectivity index (χ0n) is 25.4. The van der Waals surface area contributed by atoms with Gasteiger partial charge in [0, 0.05) is 27.5 Å². The van der Waals surface area contributed by atoms with Crippen LogP contribution in [-0.2, 0) is 6.42 Å². The Morgan fingerprint density at radius 3 is 2.02 bits per heavy atom. The Hall–Kier alpha value is -5.86. The van der Waals surface area contributed by atoms with Crippen LogP contribution in [0.3, 0.4) is 0 Å². The third-order valence-corrected chi connectivity index (χ3v) is 9.35. The van der Waals surface area contributed by atoms with Gasteiger partial charge in [0.2, 0.25) is 0 Å². The molecule has 46 heavy (non-hydrogen) atoms. The van der Waals surface area contributed by atoms with Crippen molar-refractivity contribution >= 4 is 55.8 Å². The molecule has 9 rings (SSSR count). The van der Waals surface area contributed by atoms with Crippen molar-refractivity contribution in [2.24, 2.45) is 0 Å². The Labute approximate surface area is 268 Å². The molecule has 0 saturated carbocycles. The highest BCUT2D eigenvalue weighted by Crippen LogP contribution is 2.41. The number of furan rings is 1. The molecule has 218 valence electrons. The summed E-state index contributed by atoms with van der Waals surface area (Å²) in [6.45, 7) is 0. The summed E-state index contributed by atoms with van der Waals surface area (Å²) >= 11 is 0. The average Bonchev–Trinajstić information content (AvgIpc) is 3.50. The Balaban J connectivity index is 1.13. The molecule has 0 fully saturated rings. The first kappa shape index (κ1) is 26.5. The molecule has 0 aliphatic heterocycles. The summed E-state index contributed by atoms with van der Waals surface area (Å²) < 4.78 is 6.19. The first-order valence-corrected chi connectivity index (χ1v) is 16.0. The third kappa shape index (κ3) is 4.50. The van der Waals surface area contributed by atoms with E-state index >= 15 is 0 Å². The van der Waals surface area contributed by atoms with Crippen LogP contribution in [0.4, 0.5) is 17.1 Å². The summed E-state index contributed by atoms with van der Waals surface area (Å²) in [5, 5.41) is 4.74. The number of nitrogens with zero attached hydrogens (tertiary/aromatic N) is 1. The van der Waals surface area contributed by atoms with E-state index < -0.39 is 0 Å². The van der Waals surface area contributed by atoms with Gasteiger partial charge in [-0.15, -0.1) is 0 Å². The zero-order valence-corrected chi connectivity index (χ0v) is 25.4. The van der Waals surface area contributed by atoms with Gasteiger partial charge in [-0.05, 0) is 100 Å². The lowest BCUT2D eigenvalue weighted by Crippen LogP contribution is -2.10. The molecule has 0 spiro atoms. The van der Waals surface area contributed by atoms with Crippen LogP contribution in [0.1, 0.15) is 17.5 Å². The van der Waals surface area contributed by atoms with E-state index in [1.807, 2.05) is 12.1 Å². The highest BCUT2D eigenvalue weighted by atomic mass is 16.3. The van der Waals surface area contributed by atoms with Crippen LogP contribution in [0.5, 0.6) is 0 Å². The van der Waals surface area contributed by atoms with Crippen molar-refractivity contribution in [3.8, 4) is 22.3 Å². The summed E-state index contributed by atoms with van der Waals surface area (Å²) in [5.74, 6) is 0. The molecule has 0 radical (unpaired) electrons. The summed E-state index contributed by atoms with van der Waals surface area (Å²) in [4.78, 5) is 2.38. The molecule has 0 unspecified atom stereocenters. The van der Waals surface area contributed by atoms with Gasteiger partial charge in [0.15, 0.2) is 0 Å². The Morgan fingerprint density at radius 2 is 1.17 bits per heavy atom. The molecule has 2 heteroatoms. The number of para-hydroxylation sites is 1. The molecule has 2 nitrogen and oxygen atoms in total. The fraction of sp³-hybridized carbons (Fsp3) is 0.0455. The van der Waals surface area contributed by atoms with Gasteiger partial charge < -0.3 is 9.32 Å². The van der Waals surface area contributed by atoms with E-state index in [1.54, 1.807) is 0 Å². The van der Waals surface area contributed by atoms with Crippen LogP contribution in [0.15, 0.2) is 162 Å². The van der Waals surface area contributed by atoms with Gasteiger partial charge in [-0.1, -0.05) is 115 Å². The maximum Gasteiger partial charge on any atom is 0.136 e. The SMILES string of the molecule is C1=Cc2cccc(-c3ccc(N(c4ccc(-c5ccc6c(c5)oc5ccccc56)cc4)c4cccc5ccccc45)cc3)c2CC1.